The monoisotopic (exact) mass is 253 g/mol. The van der Waals surface area contributed by atoms with Gasteiger partial charge < -0.3 is 5.32 Å². The zero-order valence-corrected chi connectivity index (χ0v) is 11.1. The minimum absolute atomic E-state index is 0.0165. The molecule has 17 heavy (non-hydrogen) atoms. The van der Waals surface area contributed by atoms with Gasteiger partial charge in [0.1, 0.15) is 0 Å². The van der Waals surface area contributed by atoms with Crippen molar-refractivity contribution in [2.75, 3.05) is 6.54 Å². The molecule has 1 N–H and O–H groups in total. The van der Waals surface area contributed by atoms with Gasteiger partial charge in [0.15, 0.2) is 0 Å². The van der Waals surface area contributed by atoms with E-state index >= 15 is 0 Å². The third kappa shape index (κ3) is 5.73. The van der Waals surface area contributed by atoms with Crippen LogP contribution in [0.3, 0.4) is 0 Å². The van der Waals surface area contributed by atoms with Crippen molar-refractivity contribution in [3.05, 3.63) is 34.9 Å². The van der Waals surface area contributed by atoms with Crippen molar-refractivity contribution in [1.82, 2.24) is 5.32 Å². The van der Waals surface area contributed by atoms with Crippen LogP contribution in [0.25, 0.3) is 0 Å². The van der Waals surface area contributed by atoms with Crippen LogP contribution >= 0.6 is 11.6 Å². The molecular weight excluding hydrogens is 234 g/mol. The summed E-state index contributed by atoms with van der Waals surface area (Å²) in [6.07, 6.45) is 6.03. The van der Waals surface area contributed by atoms with Crippen molar-refractivity contribution in [1.29, 1.82) is 0 Å². The van der Waals surface area contributed by atoms with E-state index in [4.69, 9.17) is 11.6 Å². The summed E-state index contributed by atoms with van der Waals surface area (Å²) in [5.74, 6) is -0.0165. The average Bonchev–Trinajstić information content (AvgIpc) is 2.34. The molecule has 94 valence electrons. The SMILES string of the molecule is CCCCCCCNC(=O)c1ccc(Cl)cc1. The lowest BCUT2D eigenvalue weighted by atomic mass is 10.1. The summed E-state index contributed by atoms with van der Waals surface area (Å²) in [7, 11) is 0. The summed E-state index contributed by atoms with van der Waals surface area (Å²) in [4.78, 5) is 11.7. The largest absolute Gasteiger partial charge is 0.352 e. The Morgan fingerprint density at radius 1 is 1.12 bits per heavy atom. The molecule has 1 aromatic carbocycles. The van der Waals surface area contributed by atoms with Gasteiger partial charge in [0, 0.05) is 17.1 Å². The van der Waals surface area contributed by atoms with Crippen molar-refractivity contribution < 1.29 is 4.79 Å². The third-order valence-electron chi connectivity index (χ3n) is 2.67. The predicted molar refractivity (Wildman–Crippen MR) is 72.5 cm³/mol. The molecule has 0 heterocycles. The zero-order chi connectivity index (χ0) is 12.5. The first kappa shape index (κ1) is 14.0. The van der Waals surface area contributed by atoms with E-state index in [1.807, 2.05) is 0 Å². The van der Waals surface area contributed by atoms with Gasteiger partial charge in [-0.15, -0.1) is 0 Å². The molecule has 0 aliphatic heterocycles. The van der Waals surface area contributed by atoms with Crippen LogP contribution in [0.15, 0.2) is 24.3 Å². The summed E-state index contributed by atoms with van der Waals surface area (Å²) in [5, 5.41) is 3.57. The lowest BCUT2D eigenvalue weighted by Crippen LogP contribution is -2.24. The fraction of sp³-hybridized carbons (Fsp3) is 0.500. The second-order valence-electron chi connectivity index (χ2n) is 4.18. The Bertz CT molecular complexity index is 335. The van der Waals surface area contributed by atoms with Gasteiger partial charge in [-0.05, 0) is 30.7 Å². The second kappa shape index (κ2) is 8.13. The number of nitrogens with one attached hydrogen (secondary N) is 1. The van der Waals surface area contributed by atoms with E-state index in [0.29, 0.717) is 10.6 Å². The Labute approximate surface area is 108 Å². The van der Waals surface area contributed by atoms with Gasteiger partial charge >= 0.3 is 0 Å². The van der Waals surface area contributed by atoms with Crippen LogP contribution in [-0.4, -0.2) is 12.5 Å². The van der Waals surface area contributed by atoms with Gasteiger partial charge in [0.05, 0.1) is 0 Å². The number of carbonyl (C=O) groups is 1. The van der Waals surface area contributed by atoms with Gasteiger partial charge in [-0.25, -0.2) is 0 Å². The molecule has 3 heteroatoms. The van der Waals surface area contributed by atoms with Crippen LogP contribution in [0.5, 0.6) is 0 Å². The third-order valence-corrected chi connectivity index (χ3v) is 2.92. The molecule has 0 unspecified atom stereocenters. The highest BCUT2D eigenvalue weighted by molar-refractivity contribution is 6.30. The van der Waals surface area contributed by atoms with Crippen LogP contribution in [0, 0.1) is 0 Å². The molecule has 1 rings (SSSR count). The Morgan fingerprint density at radius 2 is 1.76 bits per heavy atom. The normalized spacial score (nSPS) is 10.2. The summed E-state index contributed by atoms with van der Waals surface area (Å²) in [6, 6.07) is 6.96. The minimum atomic E-state index is -0.0165. The van der Waals surface area contributed by atoms with E-state index in [-0.39, 0.29) is 5.91 Å². The molecule has 0 fully saturated rings. The van der Waals surface area contributed by atoms with Gasteiger partial charge in [0.25, 0.3) is 5.91 Å². The lowest BCUT2D eigenvalue weighted by Gasteiger charge is -2.05. The van der Waals surface area contributed by atoms with Crippen LogP contribution in [0.2, 0.25) is 5.02 Å². The van der Waals surface area contributed by atoms with Crippen molar-refractivity contribution >= 4 is 17.5 Å². The summed E-state index contributed by atoms with van der Waals surface area (Å²) in [6.45, 7) is 2.95. The fourth-order valence-corrected chi connectivity index (χ4v) is 1.76. The summed E-state index contributed by atoms with van der Waals surface area (Å²) in [5.41, 5.74) is 0.669. The molecule has 1 amide bonds. The number of carbonyl (C=O) groups excluding carboxylic acids is 1. The van der Waals surface area contributed by atoms with Crippen LogP contribution in [0.4, 0.5) is 0 Å². The minimum Gasteiger partial charge on any atom is -0.352 e. The molecule has 0 saturated heterocycles. The number of unbranched alkanes of at least 4 members (excludes halogenated alkanes) is 4. The zero-order valence-electron chi connectivity index (χ0n) is 10.3. The maximum Gasteiger partial charge on any atom is 0.251 e. The fourth-order valence-electron chi connectivity index (χ4n) is 1.63. The predicted octanol–water partition coefficient (Wildman–Crippen LogP) is 4.04. The average molecular weight is 254 g/mol. The van der Waals surface area contributed by atoms with Gasteiger partial charge in [-0.1, -0.05) is 44.2 Å². The number of hydrogen-bond donors (Lipinski definition) is 1. The molecule has 0 aliphatic rings. The van der Waals surface area contributed by atoms with E-state index in [9.17, 15) is 4.79 Å². The van der Waals surface area contributed by atoms with E-state index in [2.05, 4.69) is 12.2 Å². The Morgan fingerprint density at radius 3 is 2.41 bits per heavy atom. The highest BCUT2D eigenvalue weighted by Gasteiger charge is 2.03. The maximum atomic E-state index is 11.7. The van der Waals surface area contributed by atoms with Crippen molar-refractivity contribution in [2.24, 2.45) is 0 Å². The summed E-state index contributed by atoms with van der Waals surface area (Å²) < 4.78 is 0. The van der Waals surface area contributed by atoms with E-state index in [0.717, 1.165) is 13.0 Å². The van der Waals surface area contributed by atoms with Crippen molar-refractivity contribution in [2.45, 2.75) is 39.0 Å². The number of rotatable bonds is 7. The van der Waals surface area contributed by atoms with E-state index in [1.54, 1.807) is 24.3 Å². The number of hydrogen-bond acceptors (Lipinski definition) is 1. The standard InChI is InChI=1S/C14H20ClNO/c1-2-3-4-5-6-11-16-14(17)12-7-9-13(15)10-8-12/h7-10H,2-6,11H2,1H3,(H,16,17). The number of benzene rings is 1. The number of halogens is 1. The van der Waals surface area contributed by atoms with Crippen molar-refractivity contribution in [3.8, 4) is 0 Å². The Balaban J connectivity index is 2.19. The smallest absolute Gasteiger partial charge is 0.251 e. The molecular formula is C14H20ClNO. The van der Waals surface area contributed by atoms with E-state index in [1.165, 1.54) is 25.7 Å². The molecule has 0 spiro atoms. The first-order chi connectivity index (χ1) is 8.24. The first-order valence-corrected chi connectivity index (χ1v) is 6.65. The molecule has 1 aromatic rings. The topological polar surface area (TPSA) is 29.1 Å². The maximum absolute atomic E-state index is 11.7. The highest BCUT2D eigenvalue weighted by atomic mass is 35.5. The van der Waals surface area contributed by atoms with Crippen LogP contribution in [-0.2, 0) is 0 Å². The molecule has 0 bridgehead atoms. The first-order valence-electron chi connectivity index (χ1n) is 6.28. The lowest BCUT2D eigenvalue weighted by molar-refractivity contribution is 0.0953. The van der Waals surface area contributed by atoms with Gasteiger partial charge in [-0.2, -0.15) is 0 Å². The quantitative estimate of drug-likeness (QED) is 0.730. The molecule has 0 saturated carbocycles. The molecule has 0 aliphatic carbocycles. The Kier molecular flexibility index (Phi) is 6.71. The molecule has 2 nitrogen and oxygen atoms in total. The molecule has 0 aromatic heterocycles. The number of amides is 1. The second-order valence-corrected chi connectivity index (χ2v) is 4.61. The highest BCUT2D eigenvalue weighted by Crippen LogP contribution is 2.09. The molecule has 0 atom stereocenters. The van der Waals surface area contributed by atoms with Gasteiger partial charge in [0.2, 0.25) is 0 Å². The molecule has 0 radical (unpaired) electrons. The van der Waals surface area contributed by atoms with Gasteiger partial charge in [-0.3, -0.25) is 4.79 Å². The van der Waals surface area contributed by atoms with Crippen LogP contribution in [0.1, 0.15) is 49.4 Å². The Hall–Kier alpha value is -1.02. The van der Waals surface area contributed by atoms with Crippen LogP contribution < -0.4 is 5.32 Å². The van der Waals surface area contributed by atoms with Crippen molar-refractivity contribution in [3.63, 3.8) is 0 Å². The summed E-state index contributed by atoms with van der Waals surface area (Å²) >= 11 is 5.76. The van der Waals surface area contributed by atoms with E-state index < -0.39 is 0 Å².